The van der Waals surface area contributed by atoms with Gasteiger partial charge in [0.2, 0.25) is 12.2 Å². The molecule has 1 saturated heterocycles. The van der Waals surface area contributed by atoms with E-state index in [0.717, 1.165) is 6.07 Å². The van der Waals surface area contributed by atoms with Gasteiger partial charge in [0.15, 0.2) is 0 Å². The fourth-order valence-electron chi connectivity index (χ4n) is 2.38. The summed E-state index contributed by atoms with van der Waals surface area (Å²) in [5.41, 5.74) is -0.210. The Morgan fingerprint density at radius 2 is 2.12 bits per heavy atom. The van der Waals surface area contributed by atoms with Gasteiger partial charge in [-0.3, -0.25) is 14.9 Å². The molecule has 4 N–H and O–H groups in total. The van der Waals surface area contributed by atoms with Gasteiger partial charge in [-0.15, -0.1) is 0 Å². The van der Waals surface area contributed by atoms with Gasteiger partial charge in [-0.1, -0.05) is 6.07 Å². The van der Waals surface area contributed by atoms with Gasteiger partial charge in [-0.2, -0.15) is 0 Å². The third-order valence-corrected chi connectivity index (χ3v) is 3.53. The Morgan fingerprint density at radius 1 is 1.42 bits per heavy atom. The third kappa shape index (κ3) is 3.97. The van der Waals surface area contributed by atoms with E-state index in [4.69, 9.17) is 9.47 Å². The largest absolute Gasteiger partial charge is 0.462 e. The number of ether oxygens (including phenoxy) is 2. The lowest BCUT2D eigenvalue weighted by Gasteiger charge is -2.42. The van der Waals surface area contributed by atoms with Crippen molar-refractivity contribution in [3.8, 4) is 5.75 Å². The maximum Gasteiger partial charge on any atom is 0.273 e. The SMILES string of the molecule is CC(=O)N[C@@H]1[C@@H](Oc2cccc([N+](=O)[O-])c2)O[C@H](CO)[C@H](O)[C@H]1O. The highest BCUT2D eigenvalue weighted by Crippen LogP contribution is 2.26. The average Bonchev–Trinajstić information content (AvgIpc) is 2.54. The van der Waals surface area contributed by atoms with E-state index in [1.807, 2.05) is 0 Å². The lowest BCUT2D eigenvalue weighted by atomic mass is 9.97. The molecule has 0 aromatic heterocycles. The highest BCUT2D eigenvalue weighted by molar-refractivity contribution is 5.73. The zero-order chi connectivity index (χ0) is 17.9. The van der Waals surface area contributed by atoms with E-state index in [1.165, 1.54) is 25.1 Å². The van der Waals surface area contributed by atoms with E-state index in [2.05, 4.69) is 5.32 Å². The van der Waals surface area contributed by atoms with Gasteiger partial charge in [0.1, 0.15) is 30.1 Å². The van der Waals surface area contributed by atoms with Crippen molar-refractivity contribution in [1.29, 1.82) is 0 Å². The predicted octanol–water partition coefficient (Wildman–Crippen LogP) is -1.08. The molecular formula is C14H18N2O8. The monoisotopic (exact) mass is 342 g/mol. The summed E-state index contributed by atoms with van der Waals surface area (Å²) in [7, 11) is 0. The maximum atomic E-state index is 11.3. The first kappa shape index (κ1) is 18.1. The van der Waals surface area contributed by atoms with Crippen molar-refractivity contribution < 1.29 is 34.5 Å². The summed E-state index contributed by atoms with van der Waals surface area (Å²) in [5, 5.41) is 42.4. The number of rotatable bonds is 5. The van der Waals surface area contributed by atoms with Crippen molar-refractivity contribution in [2.75, 3.05) is 6.61 Å². The number of aliphatic hydroxyl groups excluding tert-OH is 3. The maximum absolute atomic E-state index is 11.3. The number of nitro benzene ring substituents is 1. The number of hydrogen-bond acceptors (Lipinski definition) is 8. The molecule has 0 bridgehead atoms. The average molecular weight is 342 g/mol. The van der Waals surface area contributed by atoms with Gasteiger partial charge in [0.25, 0.3) is 5.69 Å². The smallest absolute Gasteiger partial charge is 0.273 e. The lowest BCUT2D eigenvalue weighted by molar-refractivity contribution is -0.385. The molecule has 0 radical (unpaired) electrons. The number of nitrogens with one attached hydrogen (secondary N) is 1. The van der Waals surface area contributed by atoms with Crippen LogP contribution in [0, 0.1) is 10.1 Å². The van der Waals surface area contributed by atoms with Crippen LogP contribution in [0.15, 0.2) is 24.3 Å². The molecule has 1 amide bonds. The molecule has 10 heteroatoms. The fourth-order valence-corrected chi connectivity index (χ4v) is 2.38. The van der Waals surface area contributed by atoms with Crippen LogP contribution in [-0.2, 0) is 9.53 Å². The van der Waals surface area contributed by atoms with E-state index < -0.39 is 48.1 Å². The molecule has 1 heterocycles. The first-order valence-corrected chi connectivity index (χ1v) is 7.14. The first-order chi connectivity index (χ1) is 11.3. The van der Waals surface area contributed by atoms with Crippen molar-refractivity contribution in [3.63, 3.8) is 0 Å². The van der Waals surface area contributed by atoms with Crippen molar-refractivity contribution in [3.05, 3.63) is 34.4 Å². The van der Waals surface area contributed by atoms with Crippen LogP contribution in [0.2, 0.25) is 0 Å². The summed E-state index contributed by atoms with van der Waals surface area (Å²) in [4.78, 5) is 21.5. The predicted molar refractivity (Wildman–Crippen MR) is 79.1 cm³/mol. The minimum Gasteiger partial charge on any atom is -0.462 e. The molecule has 1 aliphatic rings. The minimum absolute atomic E-state index is 0.0739. The normalized spacial score (nSPS) is 29.8. The molecule has 1 fully saturated rings. The van der Waals surface area contributed by atoms with E-state index in [9.17, 15) is 30.2 Å². The Bertz CT molecular complexity index is 610. The topological polar surface area (TPSA) is 151 Å². The van der Waals surface area contributed by atoms with Gasteiger partial charge < -0.3 is 30.1 Å². The molecular weight excluding hydrogens is 324 g/mol. The van der Waals surface area contributed by atoms with Crippen molar-refractivity contribution in [2.45, 2.75) is 37.6 Å². The van der Waals surface area contributed by atoms with E-state index in [0.29, 0.717) is 0 Å². The van der Waals surface area contributed by atoms with Crippen LogP contribution < -0.4 is 10.1 Å². The van der Waals surface area contributed by atoms with Gasteiger partial charge in [0, 0.05) is 13.0 Å². The van der Waals surface area contributed by atoms with Crippen molar-refractivity contribution in [2.24, 2.45) is 0 Å². The van der Waals surface area contributed by atoms with Crippen LogP contribution in [0.3, 0.4) is 0 Å². The molecule has 0 saturated carbocycles. The second-order valence-electron chi connectivity index (χ2n) is 5.31. The van der Waals surface area contributed by atoms with Crippen LogP contribution in [0.25, 0.3) is 0 Å². The minimum atomic E-state index is -1.46. The Hall–Kier alpha value is -2.27. The molecule has 0 aliphatic carbocycles. The fraction of sp³-hybridized carbons (Fsp3) is 0.500. The number of aliphatic hydroxyl groups is 3. The van der Waals surface area contributed by atoms with Crippen LogP contribution in [0.4, 0.5) is 5.69 Å². The Balaban J connectivity index is 2.24. The van der Waals surface area contributed by atoms with E-state index in [-0.39, 0.29) is 11.4 Å². The molecule has 1 aliphatic heterocycles. The number of hydrogen-bond donors (Lipinski definition) is 4. The summed E-state index contributed by atoms with van der Waals surface area (Å²) < 4.78 is 10.9. The van der Waals surface area contributed by atoms with Crippen molar-refractivity contribution in [1.82, 2.24) is 5.32 Å². The number of carbonyl (C=O) groups is 1. The quantitative estimate of drug-likeness (QED) is 0.389. The highest BCUT2D eigenvalue weighted by Gasteiger charge is 2.46. The highest BCUT2D eigenvalue weighted by atomic mass is 16.7. The number of non-ortho nitro benzene ring substituents is 1. The molecule has 1 aromatic carbocycles. The summed E-state index contributed by atoms with van der Waals surface area (Å²) in [5.74, 6) is -0.422. The molecule has 0 spiro atoms. The second kappa shape index (κ2) is 7.53. The standard InChI is InChI=1S/C14H18N2O8/c1-7(18)15-11-13(20)12(19)10(6-17)24-14(11)23-9-4-2-3-8(5-9)16(21)22/h2-5,10-14,17,19-20H,6H2,1H3,(H,15,18)/t10-,11+,12+,13+,14+/m1/s1. The number of carbonyl (C=O) groups excluding carboxylic acids is 1. The van der Waals surface area contributed by atoms with Crippen LogP contribution in [-0.4, -0.2) is 63.4 Å². The summed E-state index contributed by atoms with van der Waals surface area (Å²) in [6, 6.07) is 4.14. The van der Waals surface area contributed by atoms with Crippen LogP contribution >= 0.6 is 0 Å². The zero-order valence-corrected chi connectivity index (χ0v) is 12.7. The molecule has 2 rings (SSSR count). The molecule has 5 atom stereocenters. The number of amides is 1. The first-order valence-electron chi connectivity index (χ1n) is 7.14. The molecule has 10 nitrogen and oxygen atoms in total. The molecule has 0 unspecified atom stereocenters. The van der Waals surface area contributed by atoms with E-state index >= 15 is 0 Å². The van der Waals surface area contributed by atoms with Crippen LogP contribution in [0.5, 0.6) is 5.75 Å². The molecule has 1 aromatic rings. The Labute approximate surface area is 136 Å². The van der Waals surface area contributed by atoms with Crippen molar-refractivity contribution >= 4 is 11.6 Å². The van der Waals surface area contributed by atoms with Gasteiger partial charge >= 0.3 is 0 Å². The molecule has 132 valence electrons. The number of benzene rings is 1. The summed E-state index contributed by atoms with van der Waals surface area (Å²) in [6.45, 7) is 0.626. The summed E-state index contributed by atoms with van der Waals surface area (Å²) >= 11 is 0. The lowest BCUT2D eigenvalue weighted by Crippen LogP contribution is -2.65. The summed E-state index contributed by atoms with van der Waals surface area (Å²) in [6.07, 6.45) is -5.28. The van der Waals surface area contributed by atoms with Crippen LogP contribution in [0.1, 0.15) is 6.92 Å². The Morgan fingerprint density at radius 3 is 2.71 bits per heavy atom. The number of nitrogens with zero attached hydrogens (tertiary/aromatic N) is 1. The van der Waals surface area contributed by atoms with Gasteiger partial charge in [-0.05, 0) is 6.07 Å². The second-order valence-corrected chi connectivity index (χ2v) is 5.31. The van der Waals surface area contributed by atoms with Gasteiger partial charge in [0.05, 0.1) is 17.6 Å². The number of nitro groups is 1. The Kier molecular flexibility index (Phi) is 5.67. The van der Waals surface area contributed by atoms with Gasteiger partial charge in [-0.25, -0.2) is 0 Å². The third-order valence-electron chi connectivity index (χ3n) is 3.53. The van der Waals surface area contributed by atoms with E-state index in [1.54, 1.807) is 0 Å². The molecule has 24 heavy (non-hydrogen) atoms. The zero-order valence-electron chi connectivity index (χ0n) is 12.7.